The first kappa shape index (κ1) is 24.9. The number of rotatable bonds is 7. The van der Waals surface area contributed by atoms with Crippen LogP contribution in [0.1, 0.15) is 23.6 Å². The Morgan fingerprint density at radius 3 is 2.03 bits per heavy atom. The lowest BCUT2D eigenvalue weighted by molar-refractivity contribution is -0.122. The maximum Gasteiger partial charge on any atom is 0.265 e. The lowest BCUT2D eigenvalue weighted by Gasteiger charge is -2.16. The second kappa shape index (κ2) is 10.0. The summed E-state index contributed by atoms with van der Waals surface area (Å²) in [6.07, 6.45) is -0.777. The highest BCUT2D eigenvalue weighted by molar-refractivity contribution is 7.92. The molecule has 0 unspecified atom stereocenters. The molecule has 6 nitrogen and oxygen atoms in total. The fourth-order valence-corrected chi connectivity index (χ4v) is 4.40. The van der Waals surface area contributed by atoms with Crippen LogP contribution in [0.5, 0.6) is 5.75 Å². The Hall–Kier alpha value is -2.74. The zero-order valence-electron chi connectivity index (χ0n) is 18.6. The maximum absolute atomic E-state index is 12.7. The number of sulfonamides is 1. The van der Waals surface area contributed by atoms with Gasteiger partial charge in [-0.1, -0.05) is 29.3 Å². The Balaban J connectivity index is 1.65. The average Bonchev–Trinajstić information content (AvgIpc) is 2.74. The molecule has 0 fully saturated rings. The fourth-order valence-electron chi connectivity index (χ4n) is 3.06. The number of carbonyl (C=O) groups is 1. The van der Waals surface area contributed by atoms with Crippen LogP contribution in [0, 0.1) is 20.8 Å². The molecule has 0 aliphatic heterocycles. The number of hydrogen-bond acceptors (Lipinski definition) is 4. The van der Waals surface area contributed by atoms with Crippen molar-refractivity contribution < 1.29 is 17.9 Å². The third-order valence-corrected chi connectivity index (χ3v) is 7.35. The topological polar surface area (TPSA) is 84.5 Å². The van der Waals surface area contributed by atoms with Crippen molar-refractivity contribution in [3.8, 4) is 5.75 Å². The minimum Gasteiger partial charge on any atom is -0.481 e. The lowest BCUT2D eigenvalue weighted by Crippen LogP contribution is -2.30. The number of amides is 1. The zero-order valence-corrected chi connectivity index (χ0v) is 20.9. The maximum atomic E-state index is 12.7. The monoisotopic (exact) mass is 506 g/mol. The summed E-state index contributed by atoms with van der Waals surface area (Å²) in [5, 5.41) is 3.85. The Labute approximate surface area is 203 Å². The van der Waals surface area contributed by atoms with Crippen molar-refractivity contribution in [2.24, 2.45) is 0 Å². The van der Waals surface area contributed by atoms with E-state index >= 15 is 0 Å². The molecule has 3 aromatic rings. The van der Waals surface area contributed by atoms with Crippen LogP contribution in [0.15, 0.2) is 59.5 Å². The largest absolute Gasteiger partial charge is 0.481 e. The van der Waals surface area contributed by atoms with Crippen molar-refractivity contribution in [1.29, 1.82) is 0 Å². The smallest absolute Gasteiger partial charge is 0.265 e. The van der Waals surface area contributed by atoms with Crippen LogP contribution in [-0.2, 0) is 14.8 Å². The summed E-state index contributed by atoms with van der Waals surface area (Å²) in [6.45, 7) is 7.19. The highest BCUT2D eigenvalue weighted by Crippen LogP contribution is 2.27. The van der Waals surface area contributed by atoms with E-state index in [1.165, 1.54) is 24.3 Å². The normalized spacial score (nSPS) is 12.2. The molecule has 0 aliphatic rings. The van der Waals surface area contributed by atoms with E-state index in [1.807, 2.05) is 20.8 Å². The summed E-state index contributed by atoms with van der Waals surface area (Å²) in [7, 11) is -3.81. The number of carbonyl (C=O) groups excluding carboxylic acids is 1. The summed E-state index contributed by atoms with van der Waals surface area (Å²) in [6, 6.07) is 14.3. The molecule has 1 amide bonds. The summed E-state index contributed by atoms with van der Waals surface area (Å²) < 4.78 is 33.5. The van der Waals surface area contributed by atoms with Crippen LogP contribution in [0.3, 0.4) is 0 Å². The molecule has 0 saturated heterocycles. The summed E-state index contributed by atoms with van der Waals surface area (Å²) in [4.78, 5) is 12.6. The molecule has 1 atom stereocenters. The average molecular weight is 507 g/mol. The van der Waals surface area contributed by atoms with E-state index in [0.717, 1.165) is 16.7 Å². The first-order chi connectivity index (χ1) is 15.5. The third-order valence-electron chi connectivity index (χ3n) is 4.95. The van der Waals surface area contributed by atoms with Gasteiger partial charge >= 0.3 is 0 Å². The van der Waals surface area contributed by atoms with Crippen molar-refractivity contribution in [2.75, 3.05) is 10.0 Å². The van der Waals surface area contributed by atoms with Gasteiger partial charge in [0, 0.05) is 15.7 Å². The first-order valence-corrected chi connectivity index (χ1v) is 12.3. The minimum absolute atomic E-state index is 0.0496. The molecule has 0 saturated carbocycles. The number of hydrogen-bond donors (Lipinski definition) is 2. The molecule has 33 heavy (non-hydrogen) atoms. The third kappa shape index (κ3) is 6.19. The Kier molecular flexibility index (Phi) is 7.57. The van der Waals surface area contributed by atoms with Crippen molar-refractivity contribution in [1.82, 2.24) is 0 Å². The van der Waals surface area contributed by atoms with Gasteiger partial charge in [-0.25, -0.2) is 8.42 Å². The van der Waals surface area contributed by atoms with Crippen molar-refractivity contribution in [2.45, 2.75) is 38.7 Å². The van der Waals surface area contributed by atoms with Gasteiger partial charge in [0.2, 0.25) is 0 Å². The molecular weight excluding hydrogens is 483 g/mol. The van der Waals surface area contributed by atoms with E-state index in [9.17, 15) is 13.2 Å². The van der Waals surface area contributed by atoms with Crippen LogP contribution < -0.4 is 14.8 Å². The van der Waals surface area contributed by atoms with E-state index in [4.69, 9.17) is 27.9 Å². The second-order valence-electron chi connectivity index (χ2n) is 7.71. The molecule has 0 aromatic heterocycles. The SMILES string of the molecule is Cc1ccc(NS(=O)(=O)c2ccc(NC(=O)[C@@H](C)Oc3cc(C)c(Cl)c(C)c3)cc2)cc1Cl. The Bertz CT molecular complexity index is 1270. The predicted molar refractivity (Wildman–Crippen MR) is 133 cm³/mol. The van der Waals surface area contributed by atoms with Gasteiger partial charge in [0.1, 0.15) is 5.75 Å². The highest BCUT2D eigenvalue weighted by Gasteiger charge is 2.18. The van der Waals surface area contributed by atoms with E-state index in [1.54, 1.807) is 37.3 Å². The Morgan fingerprint density at radius 2 is 1.45 bits per heavy atom. The van der Waals surface area contributed by atoms with Gasteiger partial charge in [-0.05, 0) is 92.9 Å². The molecule has 0 radical (unpaired) electrons. The molecular formula is C24H24Cl2N2O4S. The van der Waals surface area contributed by atoms with Gasteiger partial charge in [0.25, 0.3) is 15.9 Å². The molecule has 9 heteroatoms. The number of ether oxygens (including phenoxy) is 1. The minimum atomic E-state index is -3.81. The molecule has 0 aliphatic carbocycles. The van der Waals surface area contributed by atoms with Crippen LogP contribution in [0.25, 0.3) is 0 Å². The van der Waals surface area contributed by atoms with Gasteiger partial charge < -0.3 is 10.1 Å². The van der Waals surface area contributed by atoms with Crippen molar-refractivity contribution in [3.05, 3.63) is 81.3 Å². The van der Waals surface area contributed by atoms with E-state index < -0.39 is 16.1 Å². The molecule has 2 N–H and O–H groups in total. The quantitative estimate of drug-likeness (QED) is 0.403. The van der Waals surface area contributed by atoms with Crippen LogP contribution >= 0.6 is 23.2 Å². The zero-order chi connectivity index (χ0) is 24.3. The van der Waals surface area contributed by atoms with E-state index in [0.29, 0.717) is 27.2 Å². The van der Waals surface area contributed by atoms with E-state index in [2.05, 4.69) is 10.0 Å². The number of aryl methyl sites for hydroxylation is 3. The first-order valence-electron chi connectivity index (χ1n) is 10.1. The molecule has 174 valence electrons. The van der Waals surface area contributed by atoms with E-state index in [-0.39, 0.29) is 10.8 Å². The number of anilines is 2. The molecule has 0 bridgehead atoms. The Morgan fingerprint density at radius 1 is 0.879 bits per heavy atom. The summed E-state index contributed by atoms with van der Waals surface area (Å²) >= 11 is 12.2. The number of halogens is 2. The summed E-state index contributed by atoms with van der Waals surface area (Å²) in [5.41, 5.74) is 3.37. The molecule has 0 heterocycles. The number of benzene rings is 3. The van der Waals surface area contributed by atoms with Crippen LogP contribution in [0.4, 0.5) is 11.4 Å². The van der Waals surface area contributed by atoms with Gasteiger partial charge in [-0.2, -0.15) is 0 Å². The fraction of sp³-hybridized carbons (Fsp3) is 0.208. The van der Waals surface area contributed by atoms with Crippen molar-refractivity contribution in [3.63, 3.8) is 0 Å². The standard InChI is InChI=1S/C24H24Cl2N2O4S/c1-14-5-6-19(13-22(14)25)28-33(30,31)21-9-7-18(8-10-21)27-24(29)17(4)32-20-11-15(2)23(26)16(3)12-20/h5-13,17,28H,1-4H3,(H,27,29)/t17-/m1/s1. The van der Waals surface area contributed by atoms with Crippen LogP contribution in [-0.4, -0.2) is 20.4 Å². The molecule has 3 aromatic carbocycles. The van der Waals surface area contributed by atoms with Gasteiger partial charge in [0.05, 0.1) is 10.6 Å². The number of nitrogens with one attached hydrogen (secondary N) is 2. The lowest BCUT2D eigenvalue weighted by atomic mass is 10.1. The highest BCUT2D eigenvalue weighted by atomic mass is 35.5. The van der Waals surface area contributed by atoms with Crippen LogP contribution in [0.2, 0.25) is 10.0 Å². The molecule has 0 spiro atoms. The summed E-state index contributed by atoms with van der Waals surface area (Å²) in [5.74, 6) is 0.170. The predicted octanol–water partition coefficient (Wildman–Crippen LogP) is 6.13. The van der Waals surface area contributed by atoms with Gasteiger partial charge in [0.15, 0.2) is 6.10 Å². The van der Waals surface area contributed by atoms with Gasteiger partial charge in [-0.15, -0.1) is 0 Å². The van der Waals surface area contributed by atoms with Gasteiger partial charge in [-0.3, -0.25) is 9.52 Å². The second-order valence-corrected chi connectivity index (χ2v) is 10.2. The van der Waals surface area contributed by atoms with Crippen molar-refractivity contribution >= 4 is 50.5 Å². The molecule has 3 rings (SSSR count).